The molecule has 31 heavy (non-hydrogen) atoms. The van der Waals surface area contributed by atoms with Crippen LogP contribution in [-0.2, 0) is 17.8 Å². The first-order valence-electron chi connectivity index (χ1n) is 10.5. The van der Waals surface area contributed by atoms with Crippen molar-refractivity contribution in [3.63, 3.8) is 0 Å². The minimum absolute atomic E-state index is 0.126. The van der Waals surface area contributed by atoms with Crippen LogP contribution in [0.3, 0.4) is 0 Å². The van der Waals surface area contributed by atoms with E-state index in [1.165, 1.54) is 0 Å². The predicted molar refractivity (Wildman–Crippen MR) is 113 cm³/mol. The highest BCUT2D eigenvalue weighted by Crippen LogP contribution is 2.36. The summed E-state index contributed by atoms with van der Waals surface area (Å²) in [5, 5.41) is 10.9. The number of amides is 1. The van der Waals surface area contributed by atoms with E-state index in [-0.39, 0.29) is 24.8 Å². The highest BCUT2D eigenvalue weighted by atomic mass is 16.7. The number of ether oxygens (including phenoxy) is 2. The molecule has 160 valence electrons. The topological polar surface area (TPSA) is 89.7 Å². The number of nitrogens with zero attached hydrogens (tertiary/aromatic N) is 3. The van der Waals surface area contributed by atoms with Gasteiger partial charge in [-0.25, -0.2) is 0 Å². The summed E-state index contributed by atoms with van der Waals surface area (Å²) in [6.45, 7) is 1.69. The molecule has 1 N–H and O–H groups in total. The molecule has 1 amide bonds. The molecule has 3 aromatic rings. The number of anilines is 1. The molecule has 2 aromatic carbocycles. The fourth-order valence-corrected chi connectivity index (χ4v) is 4.15. The fourth-order valence-electron chi connectivity index (χ4n) is 4.15. The number of aromatic nitrogens is 2. The number of piperidine rings is 1. The summed E-state index contributed by atoms with van der Waals surface area (Å²) in [4.78, 5) is 15.2. The van der Waals surface area contributed by atoms with Gasteiger partial charge in [-0.2, -0.15) is 0 Å². The fraction of sp³-hybridized carbons (Fsp3) is 0.348. The Morgan fingerprint density at radius 2 is 1.97 bits per heavy atom. The number of rotatable bonds is 6. The quantitative estimate of drug-likeness (QED) is 0.654. The number of likely N-dealkylation sites (tertiary alicyclic amines) is 1. The Morgan fingerprint density at radius 3 is 2.87 bits per heavy atom. The lowest BCUT2D eigenvalue weighted by atomic mass is 10.00. The van der Waals surface area contributed by atoms with E-state index in [0.29, 0.717) is 18.9 Å². The van der Waals surface area contributed by atoms with Crippen LogP contribution in [0, 0.1) is 0 Å². The van der Waals surface area contributed by atoms with E-state index in [0.717, 1.165) is 48.4 Å². The van der Waals surface area contributed by atoms with Gasteiger partial charge in [0, 0.05) is 12.1 Å². The summed E-state index contributed by atoms with van der Waals surface area (Å²) in [6, 6.07) is 15.6. The van der Waals surface area contributed by atoms with Gasteiger partial charge in [-0.3, -0.25) is 15.0 Å². The molecule has 8 heteroatoms. The van der Waals surface area contributed by atoms with Gasteiger partial charge in [0.2, 0.25) is 18.6 Å². The minimum Gasteiger partial charge on any atom is -0.454 e. The highest BCUT2D eigenvalue weighted by molar-refractivity contribution is 5.93. The van der Waals surface area contributed by atoms with Gasteiger partial charge in [-0.15, -0.1) is 5.10 Å². The Kier molecular flexibility index (Phi) is 5.54. The van der Waals surface area contributed by atoms with Gasteiger partial charge >= 0.3 is 6.01 Å². The molecule has 0 radical (unpaired) electrons. The number of para-hydroxylation sites is 1. The molecule has 0 bridgehead atoms. The first kappa shape index (κ1) is 19.6. The average Bonchev–Trinajstić information content (AvgIpc) is 3.45. The van der Waals surface area contributed by atoms with Crippen molar-refractivity contribution in [2.75, 3.05) is 18.7 Å². The van der Waals surface area contributed by atoms with Crippen LogP contribution < -0.4 is 14.8 Å². The second kappa shape index (κ2) is 8.77. The maximum atomic E-state index is 13.0. The Labute approximate surface area is 180 Å². The number of benzene rings is 2. The van der Waals surface area contributed by atoms with Crippen LogP contribution in [0.15, 0.2) is 52.9 Å². The van der Waals surface area contributed by atoms with Crippen molar-refractivity contribution < 1.29 is 18.7 Å². The molecule has 0 saturated carbocycles. The van der Waals surface area contributed by atoms with E-state index < -0.39 is 0 Å². The van der Waals surface area contributed by atoms with Crippen molar-refractivity contribution in [2.24, 2.45) is 0 Å². The predicted octanol–water partition coefficient (Wildman–Crippen LogP) is 3.38. The van der Waals surface area contributed by atoms with Crippen molar-refractivity contribution in [1.82, 2.24) is 15.1 Å². The molecule has 5 rings (SSSR count). The summed E-state index contributed by atoms with van der Waals surface area (Å²) in [5.74, 6) is 1.88. The molecule has 1 saturated heterocycles. The van der Waals surface area contributed by atoms with Crippen LogP contribution in [0.5, 0.6) is 11.5 Å². The third kappa shape index (κ3) is 4.39. The third-order valence-electron chi connectivity index (χ3n) is 5.66. The van der Waals surface area contributed by atoms with Crippen LogP contribution in [0.4, 0.5) is 6.01 Å². The summed E-state index contributed by atoms with van der Waals surface area (Å²) >= 11 is 0. The van der Waals surface area contributed by atoms with Crippen LogP contribution in [0.2, 0.25) is 0 Å². The zero-order valence-electron chi connectivity index (χ0n) is 17.1. The maximum Gasteiger partial charge on any atom is 0.322 e. The number of carbonyl (C=O) groups excluding carboxylic acids is 1. The summed E-state index contributed by atoms with van der Waals surface area (Å²) < 4.78 is 16.8. The van der Waals surface area contributed by atoms with Gasteiger partial charge in [0.1, 0.15) is 0 Å². The number of hydrogen-bond donors (Lipinski definition) is 1. The SMILES string of the molecule is O=C(Nc1nnc(Cc2ccccc2)o1)[C@H]1CCCCN1Cc1cccc2c1OCO2. The van der Waals surface area contributed by atoms with Gasteiger partial charge in [0.15, 0.2) is 11.5 Å². The number of fused-ring (bicyclic) bond motifs is 1. The van der Waals surface area contributed by atoms with E-state index in [2.05, 4.69) is 20.4 Å². The standard InChI is InChI=1S/C23H24N4O4/c28-22(24-23-26-25-20(31-23)13-16-7-2-1-3-8-16)18-10-4-5-12-27(18)14-17-9-6-11-19-21(17)30-15-29-19/h1-3,6-9,11,18H,4-5,10,12-15H2,(H,24,26,28)/t18-/m1/s1. The first-order chi connectivity index (χ1) is 15.3. The normalized spacial score (nSPS) is 18.1. The largest absolute Gasteiger partial charge is 0.454 e. The van der Waals surface area contributed by atoms with Crippen molar-refractivity contribution in [1.29, 1.82) is 0 Å². The third-order valence-corrected chi connectivity index (χ3v) is 5.66. The van der Waals surface area contributed by atoms with E-state index in [4.69, 9.17) is 13.9 Å². The smallest absolute Gasteiger partial charge is 0.322 e. The van der Waals surface area contributed by atoms with Crippen LogP contribution in [-0.4, -0.2) is 40.4 Å². The average molecular weight is 420 g/mol. The van der Waals surface area contributed by atoms with Crippen molar-refractivity contribution in [3.8, 4) is 11.5 Å². The monoisotopic (exact) mass is 420 g/mol. The Morgan fingerprint density at radius 1 is 1.06 bits per heavy atom. The van der Waals surface area contributed by atoms with Crippen molar-refractivity contribution >= 4 is 11.9 Å². The molecule has 2 aliphatic rings. The summed E-state index contributed by atoms with van der Waals surface area (Å²) in [7, 11) is 0. The Bertz CT molecular complexity index is 1050. The van der Waals surface area contributed by atoms with E-state index in [9.17, 15) is 4.79 Å². The second-order valence-electron chi connectivity index (χ2n) is 7.79. The minimum atomic E-state index is -0.267. The molecule has 0 spiro atoms. The summed E-state index contributed by atoms with van der Waals surface area (Å²) in [6.07, 6.45) is 3.37. The number of hydrogen-bond acceptors (Lipinski definition) is 7. The zero-order valence-corrected chi connectivity index (χ0v) is 17.1. The summed E-state index contributed by atoms with van der Waals surface area (Å²) in [5.41, 5.74) is 2.10. The van der Waals surface area contributed by atoms with E-state index in [1.807, 2.05) is 48.5 Å². The van der Waals surface area contributed by atoms with Crippen LogP contribution in [0.1, 0.15) is 36.3 Å². The molecule has 2 aliphatic heterocycles. The van der Waals surface area contributed by atoms with Crippen molar-refractivity contribution in [2.45, 2.75) is 38.3 Å². The number of carbonyl (C=O) groups is 1. The van der Waals surface area contributed by atoms with Gasteiger partial charge in [-0.05, 0) is 31.0 Å². The van der Waals surface area contributed by atoms with E-state index in [1.54, 1.807) is 0 Å². The molecule has 8 nitrogen and oxygen atoms in total. The highest BCUT2D eigenvalue weighted by Gasteiger charge is 2.31. The van der Waals surface area contributed by atoms with Gasteiger partial charge in [0.05, 0.1) is 12.5 Å². The molecule has 1 fully saturated rings. The van der Waals surface area contributed by atoms with Gasteiger partial charge < -0.3 is 13.9 Å². The van der Waals surface area contributed by atoms with Gasteiger partial charge in [-0.1, -0.05) is 54.0 Å². The van der Waals surface area contributed by atoms with Crippen LogP contribution in [0.25, 0.3) is 0 Å². The lowest BCUT2D eigenvalue weighted by molar-refractivity contribution is -0.122. The molecule has 0 unspecified atom stereocenters. The van der Waals surface area contributed by atoms with E-state index >= 15 is 0 Å². The van der Waals surface area contributed by atoms with Gasteiger partial charge in [0.25, 0.3) is 0 Å². The molecule has 1 atom stereocenters. The molecular formula is C23H24N4O4. The Balaban J connectivity index is 1.25. The molecule has 3 heterocycles. The zero-order chi connectivity index (χ0) is 21.0. The Hall–Kier alpha value is -3.39. The molecule has 1 aromatic heterocycles. The maximum absolute atomic E-state index is 13.0. The second-order valence-corrected chi connectivity index (χ2v) is 7.79. The molecule has 0 aliphatic carbocycles. The molecular weight excluding hydrogens is 396 g/mol. The lowest BCUT2D eigenvalue weighted by Gasteiger charge is -2.34. The number of nitrogens with one attached hydrogen (secondary N) is 1. The first-order valence-corrected chi connectivity index (χ1v) is 10.5. The lowest BCUT2D eigenvalue weighted by Crippen LogP contribution is -2.46. The van der Waals surface area contributed by atoms with Crippen LogP contribution >= 0.6 is 0 Å². The van der Waals surface area contributed by atoms with Crippen molar-refractivity contribution in [3.05, 3.63) is 65.5 Å².